The van der Waals surface area contributed by atoms with Gasteiger partial charge in [-0.15, -0.1) is 0 Å². The molecule has 0 aromatic carbocycles. The number of rotatable bonds is 4. The molecule has 0 unspecified atom stereocenters. The largest absolute Gasteiger partial charge is 0.481 e. The molecule has 0 aromatic heterocycles. The Balaban J connectivity index is 3.43. The number of nitrogens with two attached hydrogens (primary N) is 1. The lowest BCUT2D eigenvalue weighted by atomic mass is 10.1. The summed E-state index contributed by atoms with van der Waals surface area (Å²) < 4.78 is 0. The van der Waals surface area contributed by atoms with Crippen molar-refractivity contribution < 1.29 is 9.90 Å². The number of carbonyl (C=O) groups is 1. The minimum absolute atomic E-state index is 0.0193. The van der Waals surface area contributed by atoms with Gasteiger partial charge in [-0.3, -0.25) is 4.79 Å². The molecule has 0 amide bonds. The van der Waals surface area contributed by atoms with Crippen molar-refractivity contribution in [3.63, 3.8) is 0 Å². The van der Waals surface area contributed by atoms with Crippen LogP contribution in [0.1, 0.15) is 6.42 Å². The van der Waals surface area contributed by atoms with Crippen molar-refractivity contribution in [2.45, 2.75) is 6.42 Å². The first-order valence-electron chi connectivity index (χ1n) is 2.73. The second kappa shape index (κ2) is 4.64. The Morgan fingerprint density at radius 1 is 1.78 bits per heavy atom. The van der Waals surface area contributed by atoms with Crippen molar-refractivity contribution in [1.82, 2.24) is 0 Å². The fourth-order valence-corrected chi connectivity index (χ4v) is 0.748. The topological polar surface area (TPSA) is 63.3 Å². The minimum atomic E-state index is -0.806. The van der Waals surface area contributed by atoms with Crippen LogP contribution in [-0.4, -0.2) is 23.4 Å². The number of aliphatic carboxylic acids is 1. The SMILES string of the molecule is NC[C@H](CS)CC(=O)O. The Hall–Kier alpha value is -0.220. The zero-order chi connectivity index (χ0) is 7.28. The number of carboxylic acid groups (broad SMARTS) is 1. The molecule has 0 aromatic rings. The van der Waals surface area contributed by atoms with E-state index in [9.17, 15) is 4.79 Å². The molecule has 9 heavy (non-hydrogen) atoms. The molecule has 0 rings (SSSR count). The summed E-state index contributed by atoms with van der Waals surface area (Å²) in [5.41, 5.74) is 5.22. The zero-order valence-electron chi connectivity index (χ0n) is 5.08. The average molecular weight is 149 g/mol. The molecule has 0 aliphatic carbocycles. The zero-order valence-corrected chi connectivity index (χ0v) is 5.97. The summed E-state index contributed by atoms with van der Waals surface area (Å²) in [7, 11) is 0. The molecule has 0 radical (unpaired) electrons. The van der Waals surface area contributed by atoms with Gasteiger partial charge in [-0.25, -0.2) is 0 Å². The molecule has 0 bridgehead atoms. The van der Waals surface area contributed by atoms with Crippen LogP contribution in [-0.2, 0) is 4.79 Å². The number of hydrogen-bond acceptors (Lipinski definition) is 3. The van der Waals surface area contributed by atoms with Gasteiger partial charge in [0.2, 0.25) is 0 Å². The van der Waals surface area contributed by atoms with E-state index >= 15 is 0 Å². The van der Waals surface area contributed by atoms with Gasteiger partial charge in [0.15, 0.2) is 0 Å². The van der Waals surface area contributed by atoms with E-state index in [0.29, 0.717) is 12.3 Å². The summed E-state index contributed by atoms with van der Waals surface area (Å²) in [6, 6.07) is 0. The van der Waals surface area contributed by atoms with Gasteiger partial charge < -0.3 is 10.8 Å². The van der Waals surface area contributed by atoms with E-state index in [1.807, 2.05) is 0 Å². The van der Waals surface area contributed by atoms with E-state index in [0.717, 1.165) is 0 Å². The minimum Gasteiger partial charge on any atom is -0.481 e. The third kappa shape index (κ3) is 4.29. The summed E-state index contributed by atoms with van der Waals surface area (Å²) in [6.07, 6.45) is 0.125. The Kier molecular flexibility index (Phi) is 4.53. The standard InChI is InChI=1S/C5H11NO2S/c6-2-4(3-9)1-5(7)8/h4,9H,1-3,6H2,(H,7,8)/t4-/m1/s1. The average Bonchev–Trinajstić information content (AvgIpc) is 1.82. The predicted octanol–water partition coefficient (Wildman–Crippen LogP) is -0.0342. The van der Waals surface area contributed by atoms with Crippen molar-refractivity contribution in [3.8, 4) is 0 Å². The van der Waals surface area contributed by atoms with Crippen LogP contribution in [0.3, 0.4) is 0 Å². The maximum absolute atomic E-state index is 10.0. The fourth-order valence-electron chi connectivity index (χ4n) is 0.469. The van der Waals surface area contributed by atoms with E-state index in [1.54, 1.807) is 0 Å². The summed E-state index contributed by atoms with van der Waals surface area (Å²) >= 11 is 3.93. The third-order valence-electron chi connectivity index (χ3n) is 1.05. The van der Waals surface area contributed by atoms with Crippen LogP contribution in [0.5, 0.6) is 0 Å². The summed E-state index contributed by atoms with van der Waals surface area (Å²) in [6.45, 7) is 0.399. The van der Waals surface area contributed by atoms with Gasteiger partial charge in [-0.05, 0) is 18.2 Å². The monoisotopic (exact) mass is 149 g/mol. The van der Waals surface area contributed by atoms with Crippen LogP contribution in [0.2, 0.25) is 0 Å². The third-order valence-corrected chi connectivity index (χ3v) is 1.57. The van der Waals surface area contributed by atoms with Gasteiger partial charge in [0.25, 0.3) is 0 Å². The maximum atomic E-state index is 10.0. The molecule has 4 heteroatoms. The lowest BCUT2D eigenvalue weighted by molar-refractivity contribution is -0.137. The van der Waals surface area contributed by atoms with Gasteiger partial charge in [-0.1, -0.05) is 0 Å². The fraction of sp³-hybridized carbons (Fsp3) is 0.800. The van der Waals surface area contributed by atoms with Crippen LogP contribution in [0, 0.1) is 5.92 Å². The van der Waals surface area contributed by atoms with E-state index in [-0.39, 0.29) is 12.3 Å². The molecular formula is C5H11NO2S. The van der Waals surface area contributed by atoms with E-state index in [1.165, 1.54) is 0 Å². The molecular weight excluding hydrogens is 138 g/mol. The van der Waals surface area contributed by atoms with E-state index < -0.39 is 5.97 Å². The van der Waals surface area contributed by atoms with Crippen molar-refractivity contribution in [2.24, 2.45) is 11.7 Å². The van der Waals surface area contributed by atoms with E-state index in [4.69, 9.17) is 10.8 Å². The summed E-state index contributed by atoms with van der Waals surface area (Å²) in [4.78, 5) is 10.0. The summed E-state index contributed by atoms with van der Waals surface area (Å²) in [5, 5.41) is 8.26. The van der Waals surface area contributed by atoms with Gasteiger partial charge in [0, 0.05) is 0 Å². The Morgan fingerprint density at radius 2 is 2.33 bits per heavy atom. The molecule has 0 fully saturated rings. The highest BCUT2D eigenvalue weighted by molar-refractivity contribution is 7.80. The highest BCUT2D eigenvalue weighted by Gasteiger charge is 2.07. The predicted molar refractivity (Wildman–Crippen MR) is 38.7 cm³/mol. The smallest absolute Gasteiger partial charge is 0.303 e. The first-order valence-corrected chi connectivity index (χ1v) is 3.36. The molecule has 54 valence electrons. The van der Waals surface area contributed by atoms with Crippen molar-refractivity contribution in [2.75, 3.05) is 12.3 Å². The van der Waals surface area contributed by atoms with Crippen LogP contribution >= 0.6 is 12.6 Å². The quantitative estimate of drug-likeness (QED) is 0.492. The summed E-state index contributed by atoms with van der Waals surface area (Å²) in [5.74, 6) is -0.242. The lowest BCUT2D eigenvalue weighted by Crippen LogP contribution is -2.19. The number of hydrogen-bond donors (Lipinski definition) is 3. The molecule has 3 nitrogen and oxygen atoms in total. The van der Waals surface area contributed by atoms with Gasteiger partial charge in [0.1, 0.15) is 0 Å². The highest BCUT2D eigenvalue weighted by Crippen LogP contribution is 2.01. The van der Waals surface area contributed by atoms with Crippen LogP contribution in [0.15, 0.2) is 0 Å². The van der Waals surface area contributed by atoms with Crippen molar-refractivity contribution in [1.29, 1.82) is 0 Å². The Labute approximate surface area is 59.6 Å². The molecule has 0 aliphatic rings. The second-order valence-electron chi connectivity index (χ2n) is 1.88. The maximum Gasteiger partial charge on any atom is 0.303 e. The van der Waals surface area contributed by atoms with Gasteiger partial charge in [-0.2, -0.15) is 12.6 Å². The Bertz CT molecular complexity index is 93.0. The van der Waals surface area contributed by atoms with Crippen LogP contribution in [0.4, 0.5) is 0 Å². The second-order valence-corrected chi connectivity index (χ2v) is 2.25. The molecule has 0 spiro atoms. The first kappa shape index (κ1) is 8.78. The number of carboxylic acids is 1. The first-order chi connectivity index (χ1) is 4.20. The van der Waals surface area contributed by atoms with Crippen molar-refractivity contribution >= 4 is 18.6 Å². The van der Waals surface area contributed by atoms with Crippen LogP contribution in [0.25, 0.3) is 0 Å². The Morgan fingerprint density at radius 3 is 2.44 bits per heavy atom. The molecule has 0 aliphatic heterocycles. The normalized spacial score (nSPS) is 13.1. The van der Waals surface area contributed by atoms with Gasteiger partial charge >= 0.3 is 5.97 Å². The molecule has 1 atom stereocenters. The number of thiol groups is 1. The highest BCUT2D eigenvalue weighted by atomic mass is 32.1. The molecule has 0 saturated carbocycles. The molecule has 0 saturated heterocycles. The van der Waals surface area contributed by atoms with Crippen molar-refractivity contribution in [3.05, 3.63) is 0 Å². The van der Waals surface area contributed by atoms with Crippen LogP contribution < -0.4 is 5.73 Å². The molecule has 3 N–H and O–H groups in total. The van der Waals surface area contributed by atoms with E-state index in [2.05, 4.69) is 12.6 Å². The lowest BCUT2D eigenvalue weighted by Gasteiger charge is -2.05. The molecule has 0 heterocycles. The van der Waals surface area contributed by atoms with Gasteiger partial charge in [0.05, 0.1) is 6.42 Å².